The van der Waals surface area contributed by atoms with E-state index in [9.17, 15) is 4.79 Å². The molecule has 1 unspecified atom stereocenters. The number of hydrogen-bond acceptors (Lipinski definition) is 3. The van der Waals surface area contributed by atoms with Crippen LogP contribution in [0.5, 0.6) is 0 Å². The Labute approximate surface area is 103 Å². The first kappa shape index (κ1) is 13.7. The maximum Gasteiger partial charge on any atom is 0.356 e. The zero-order valence-corrected chi connectivity index (χ0v) is 11.1. The maximum atomic E-state index is 11.6. The molecule has 0 bridgehead atoms. The fourth-order valence-electron chi connectivity index (χ4n) is 1.88. The number of pyridine rings is 1. The number of ether oxygens (including phenoxy) is 1. The SMILES string of the molecule is CC(COC(=O)c1ccccn1)CC(C)(C)C. The van der Waals surface area contributed by atoms with Crippen LogP contribution in [0.1, 0.15) is 44.6 Å². The summed E-state index contributed by atoms with van der Waals surface area (Å²) in [5.74, 6) is 0.0222. The summed E-state index contributed by atoms with van der Waals surface area (Å²) in [5.41, 5.74) is 0.632. The van der Waals surface area contributed by atoms with Gasteiger partial charge >= 0.3 is 5.97 Å². The molecular weight excluding hydrogens is 214 g/mol. The molecular formula is C14H21NO2. The molecule has 94 valence electrons. The van der Waals surface area contributed by atoms with Crippen LogP contribution in [0.25, 0.3) is 0 Å². The minimum atomic E-state index is -0.341. The van der Waals surface area contributed by atoms with Crippen molar-refractivity contribution >= 4 is 5.97 Å². The Morgan fingerprint density at radius 2 is 2.12 bits per heavy atom. The van der Waals surface area contributed by atoms with Gasteiger partial charge in [-0.15, -0.1) is 0 Å². The molecule has 1 atom stereocenters. The highest BCUT2D eigenvalue weighted by Crippen LogP contribution is 2.24. The van der Waals surface area contributed by atoms with Crippen molar-refractivity contribution in [2.45, 2.75) is 34.1 Å². The molecule has 3 nitrogen and oxygen atoms in total. The molecule has 0 amide bonds. The minimum absolute atomic E-state index is 0.261. The standard InChI is InChI=1S/C14H21NO2/c1-11(9-14(2,3)4)10-17-13(16)12-7-5-6-8-15-12/h5-8,11H,9-10H2,1-4H3. The molecule has 0 N–H and O–H groups in total. The third kappa shape index (κ3) is 5.48. The van der Waals surface area contributed by atoms with Crippen molar-refractivity contribution in [2.24, 2.45) is 11.3 Å². The quantitative estimate of drug-likeness (QED) is 0.751. The third-order valence-corrected chi connectivity index (χ3v) is 2.33. The predicted molar refractivity (Wildman–Crippen MR) is 67.8 cm³/mol. The Morgan fingerprint density at radius 3 is 2.65 bits per heavy atom. The average Bonchev–Trinajstić information content (AvgIpc) is 2.25. The number of rotatable bonds is 4. The number of nitrogens with zero attached hydrogens (tertiary/aromatic N) is 1. The zero-order valence-electron chi connectivity index (χ0n) is 11.1. The summed E-state index contributed by atoms with van der Waals surface area (Å²) in [6.45, 7) is 9.10. The van der Waals surface area contributed by atoms with Crippen molar-refractivity contribution in [2.75, 3.05) is 6.61 Å². The molecule has 1 aromatic rings. The summed E-state index contributed by atoms with van der Waals surface area (Å²) in [6, 6.07) is 5.22. The molecule has 1 heterocycles. The van der Waals surface area contributed by atoms with E-state index in [-0.39, 0.29) is 11.4 Å². The normalized spacial score (nSPS) is 13.2. The van der Waals surface area contributed by atoms with Crippen LogP contribution in [0, 0.1) is 11.3 Å². The van der Waals surface area contributed by atoms with Gasteiger partial charge in [0.2, 0.25) is 0 Å². The van der Waals surface area contributed by atoms with E-state index in [1.165, 1.54) is 0 Å². The highest BCUT2D eigenvalue weighted by Gasteiger charge is 2.17. The molecule has 0 saturated heterocycles. The Kier molecular flexibility index (Phi) is 4.67. The molecule has 0 spiro atoms. The second kappa shape index (κ2) is 5.80. The summed E-state index contributed by atoms with van der Waals surface area (Å²) in [5, 5.41) is 0. The fraction of sp³-hybridized carbons (Fsp3) is 0.571. The van der Waals surface area contributed by atoms with E-state index in [1.807, 2.05) is 0 Å². The van der Waals surface area contributed by atoms with Gasteiger partial charge in [-0.3, -0.25) is 0 Å². The van der Waals surface area contributed by atoms with E-state index in [0.29, 0.717) is 18.2 Å². The van der Waals surface area contributed by atoms with Crippen molar-refractivity contribution in [3.05, 3.63) is 30.1 Å². The first-order chi connectivity index (χ1) is 7.88. The van der Waals surface area contributed by atoms with Gasteiger partial charge in [0.15, 0.2) is 0 Å². The summed E-state index contributed by atoms with van der Waals surface area (Å²) in [6.07, 6.45) is 2.62. The number of carbonyl (C=O) groups excluding carboxylic acids is 1. The van der Waals surface area contributed by atoms with Crippen molar-refractivity contribution in [3.8, 4) is 0 Å². The molecule has 0 saturated carbocycles. The van der Waals surface area contributed by atoms with Crippen molar-refractivity contribution in [1.29, 1.82) is 0 Å². The highest BCUT2D eigenvalue weighted by atomic mass is 16.5. The molecule has 0 aliphatic heterocycles. The van der Waals surface area contributed by atoms with Crippen LogP contribution < -0.4 is 0 Å². The Bertz CT molecular complexity index is 354. The maximum absolute atomic E-state index is 11.6. The molecule has 1 rings (SSSR count). The van der Waals surface area contributed by atoms with Crippen LogP contribution in [-0.4, -0.2) is 17.6 Å². The molecule has 17 heavy (non-hydrogen) atoms. The molecule has 3 heteroatoms. The van der Waals surface area contributed by atoms with Gasteiger partial charge in [0, 0.05) is 6.20 Å². The Balaban J connectivity index is 2.39. The first-order valence-corrected chi connectivity index (χ1v) is 5.96. The zero-order chi connectivity index (χ0) is 12.9. The number of aromatic nitrogens is 1. The average molecular weight is 235 g/mol. The fourth-order valence-corrected chi connectivity index (χ4v) is 1.88. The van der Waals surface area contributed by atoms with Gasteiger partial charge in [-0.05, 0) is 29.9 Å². The monoisotopic (exact) mass is 235 g/mol. The lowest BCUT2D eigenvalue weighted by molar-refractivity contribution is 0.0414. The summed E-state index contributed by atoms with van der Waals surface area (Å²) in [4.78, 5) is 15.6. The van der Waals surface area contributed by atoms with Crippen LogP contribution in [-0.2, 0) is 4.74 Å². The topological polar surface area (TPSA) is 39.2 Å². The second-order valence-corrected chi connectivity index (χ2v) is 5.68. The van der Waals surface area contributed by atoms with E-state index in [1.54, 1.807) is 24.4 Å². The van der Waals surface area contributed by atoms with E-state index in [0.717, 1.165) is 6.42 Å². The van der Waals surface area contributed by atoms with E-state index < -0.39 is 0 Å². The molecule has 1 aromatic heterocycles. The van der Waals surface area contributed by atoms with Crippen LogP contribution in [0.4, 0.5) is 0 Å². The van der Waals surface area contributed by atoms with E-state index >= 15 is 0 Å². The number of esters is 1. The van der Waals surface area contributed by atoms with Gasteiger partial charge in [-0.1, -0.05) is 33.8 Å². The molecule has 0 fully saturated rings. The highest BCUT2D eigenvalue weighted by molar-refractivity contribution is 5.87. The lowest BCUT2D eigenvalue weighted by atomic mass is 9.86. The van der Waals surface area contributed by atoms with Crippen LogP contribution in [0.2, 0.25) is 0 Å². The minimum Gasteiger partial charge on any atom is -0.461 e. The van der Waals surface area contributed by atoms with E-state index in [2.05, 4.69) is 32.7 Å². The summed E-state index contributed by atoms with van der Waals surface area (Å²) < 4.78 is 5.23. The van der Waals surface area contributed by atoms with Gasteiger partial charge in [0.05, 0.1) is 6.61 Å². The van der Waals surface area contributed by atoms with Gasteiger partial charge in [0.25, 0.3) is 0 Å². The number of hydrogen-bond donors (Lipinski definition) is 0. The van der Waals surface area contributed by atoms with E-state index in [4.69, 9.17) is 4.74 Å². The molecule has 0 aliphatic carbocycles. The lowest BCUT2D eigenvalue weighted by Gasteiger charge is -2.22. The summed E-state index contributed by atoms with van der Waals surface area (Å²) in [7, 11) is 0. The van der Waals surface area contributed by atoms with Crippen LogP contribution >= 0.6 is 0 Å². The molecule has 0 aliphatic rings. The van der Waals surface area contributed by atoms with Gasteiger partial charge < -0.3 is 4.74 Å². The number of carbonyl (C=O) groups is 1. The third-order valence-electron chi connectivity index (χ3n) is 2.33. The first-order valence-electron chi connectivity index (χ1n) is 5.96. The van der Waals surface area contributed by atoms with Crippen LogP contribution in [0.3, 0.4) is 0 Å². The van der Waals surface area contributed by atoms with Crippen molar-refractivity contribution in [3.63, 3.8) is 0 Å². The summed E-state index contributed by atoms with van der Waals surface area (Å²) >= 11 is 0. The van der Waals surface area contributed by atoms with Crippen molar-refractivity contribution < 1.29 is 9.53 Å². The largest absolute Gasteiger partial charge is 0.461 e. The molecule has 0 radical (unpaired) electrons. The predicted octanol–water partition coefficient (Wildman–Crippen LogP) is 3.31. The Hall–Kier alpha value is -1.38. The van der Waals surface area contributed by atoms with Gasteiger partial charge in [0.1, 0.15) is 5.69 Å². The smallest absolute Gasteiger partial charge is 0.356 e. The van der Waals surface area contributed by atoms with Gasteiger partial charge in [-0.2, -0.15) is 0 Å². The molecule has 0 aromatic carbocycles. The lowest BCUT2D eigenvalue weighted by Crippen LogP contribution is -2.18. The second-order valence-electron chi connectivity index (χ2n) is 5.68. The Morgan fingerprint density at radius 1 is 1.41 bits per heavy atom. The van der Waals surface area contributed by atoms with Crippen LogP contribution in [0.15, 0.2) is 24.4 Å². The van der Waals surface area contributed by atoms with Crippen molar-refractivity contribution in [1.82, 2.24) is 4.98 Å². The van der Waals surface area contributed by atoms with Gasteiger partial charge in [-0.25, -0.2) is 9.78 Å².